The maximum absolute atomic E-state index is 12.3. The lowest BCUT2D eigenvalue weighted by molar-refractivity contribution is -0.144. The second-order valence-corrected chi connectivity index (χ2v) is 20.6. The Labute approximate surface area is 394 Å². The Morgan fingerprint density at radius 1 is 0.562 bits per heavy atom. The highest BCUT2D eigenvalue weighted by molar-refractivity contribution is 7.91. The standard InChI is InChI=1S/C54H98N2O7S/c1-3-5-7-9-11-13-15-17-19-21-23-25-27-29-33-40-53(58)62-46-36-31-32-39-52(57)51(50-55-42-43-56-44-48-64(60,61)49-45-56)38-35-37-47-63-54(59)41-34-30-28-26-24-22-20-18-16-14-12-10-8-6-4-2/h11-14,17-20,51-52,55,57H,3-10,15-16,21-50H2,1-2H3/b13-11-,14-12-,19-17-,20-18-. The van der Waals surface area contributed by atoms with Gasteiger partial charge in [-0.2, -0.15) is 0 Å². The molecule has 1 fully saturated rings. The minimum Gasteiger partial charge on any atom is -0.466 e. The van der Waals surface area contributed by atoms with E-state index in [-0.39, 0.29) is 29.4 Å². The maximum Gasteiger partial charge on any atom is 0.305 e. The lowest BCUT2D eigenvalue weighted by atomic mass is 9.92. The van der Waals surface area contributed by atoms with E-state index in [9.17, 15) is 23.1 Å². The SMILES string of the molecule is CCCCC/C=C\C/C=C\CCCCCCCC(=O)OCCCCCC(O)C(CCCCOC(=O)CCCCCCC/C=C\C/C=C\CCCCC)CNCCN1CCS(=O)(=O)CC1. The highest BCUT2D eigenvalue weighted by Crippen LogP contribution is 2.19. The molecule has 1 rings (SSSR count). The highest BCUT2D eigenvalue weighted by Gasteiger charge is 2.22. The minimum atomic E-state index is -2.90. The Bertz CT molecular complexity index is 1300. The van der Waals surface area contributed by atoms with Crippen molar-refractivity contribution in [1.82, 2.24) is 10.2 Å². The maximum atomic E-state index is 12.3. The Morgan fingerprint density at radius 2 is 0.984 bits per heavy atom. The van der Waals surface area contributed by atoms with Crippen LogP contribution < -0.4 is 5.32 Å². The molecule has 372 valence electrons. The quantitative estimate of drug-likeness (QED) is 0.0349. The molecule has 9 nitrogen and oxygen atoms in total. The van der Waals surface area contributed by atoms with E-state index in [1.165, 1.54) is 77.0 Å². The number of aliphatic hydroxyl groups excluding tert-OH is 1. The van der Waals surface area contributed by atoms with Crippen LogP contribution in [0.1, 0.15) is 213 Å². The number of nitrogens with zero attached hydrogens (tertiary/aromatic N) is 1. The summed E-state index contributed by atoms with van der Waals surface area (Å²) in [6.45, 7) is 8.71. The predicted octanol–water partition coefficient (Wildman–Crippen LogP) is 12.7. The van der Waals surface area contributed by atoms with E-state index >= 15 is 0 Å². The first-order valence-electron chi connectivity index (χ1n) is 26.5. The second kappa shape index (κ2) is 44.6. The summed E-state index contributed by atoms with van der Waals surface area (Å²) in [6, 6.07) is 0. The van der Waals surface area contributed by atoms with Crippen molar-refractivity contribution in [3.8, 4) is 0 Å². The van der Waals surface area contributed by atoms with Gasteiger partial charge in [0, 0.05) is 45.6 Å². The molecule has 2 N–H and O–H groups in total. The van der Waals surface area contributed by atoms with Crippen molar-refractivity contribution >= 4 is 21.8 Å². The van der Waals surface area contributed by atoms with Crippen molar-refractivity contribution in [2.24, 2.45) is 5.92 Å². The molecule has 1 aliphatic rings. The van der Waals surface area contributed by atoms with Gasteiger partial charge in [-0.3, -0.25) is 9.59 Å². The number of carbonyl (C=O) groups is 2. The summed E-state index contributed by atoms with van der Waals surface area (Å²) in [5.41, 5.74) is 0. The molecule has 0 aromatic rings. The molecule has 10 heteroatoms. The number of ether oxygens (including phenoxy) is 2. The highest BCUT2D eigenvalue weighted by atomic mass is 32.2. The molecule has 1 saturated heterocycles. The van der Waals surface area contributed by atoms with Crippen molar-refractivity contribution in [2.75, 3.05) is 57.4 Å². The molecule has 0 spiro atoms. The predicted molar refractivity (Wildman–Crippen MR) is 270 cm³/mol. The van der Waals surface area contributed by atoms with Gasteiger partial charge in [0.25, 0.3) is 0 Å². The van der Waals surface area contributed by atoms with Crippen molar-refractivity contribution in [3.05, 3.63) is 48.6 Å². The van der Waals surface area contributed by atoms with Crippen LogP contribution in [-0.2, 0) is 28.9 Å². The number of hydrogen-bond donors (Lipinski definition) is 2. The molecule has 0 amide bonds. The second-order valence-electron chi connectivity index (χ2n) is 18.3. The number of rotatable bonds is 45. The van der Waals surface area contributed by atoms with Crippen LogP contribution in [0.5, 0.6) is 0 Å². The van der Waals surface area contributed by atoms with Gasteiger partial charge in [0.05, 0.1) is 30.8 Å². The molecule has 2 atom stereocenters. The smallest absolute Gasteiger partial charge is 0.305 e. The van der Waals surface area contributed by atoms with Gasteiger partial charge in [-0.05, 0) is 121 Å². The summed E-state index contributed by atoms with van der Waals surface area (Å²) in [6.07, 6.45) is 50.1. The Balaban J connectivity index is 2.20. The molecule has 1 aliphatic heterocycles. The molecule has 0 saturated carbocycles. The summed E-state index contributed by atoms with van der Waals surface area (Å²) in [4.78, 5) is 26.8. The number of hydrogen-bond acceptors (Lipinski definition) is 9. The third-order valence-corrected chi connectivity index (χ3v) is 13.9. The molecule has 0 bridgehead atoms. The number of unbranched alkanes of at least 4 members (excludes halogenated alkanes) is 19. The van der Waals surface area contributed by atoms with Crippen molar-refractivity contribution < 1.29 is 32.6 Å². The van der Waals surface area contributed by atoms with Gasteiger partial charge in [-0.15, -0.1) is 0 Å². The van der Waals surface area contributed by atoms with Gasteiger partial charge in [0.2, 0.25) is 0 Å². The van der Waals surface area contributed by atoms with Crippen LogP contribution in [0.15, 0.2) is 48.6 Å². The van der Waals surface area contributed by atoms with Crippen LogP contribution in [-0.4, -0.2) is 93.9 Å². The van der Waals surface area contributed by atoms with E-state index in [0.29, 0.717) is 52.1 Å². The third-order valence-electron chi connectivity index (χ3n) is 12.3. The van der Waals surface area contributed by atoms with Gasteiger partial charge in [0.15, 0.2) is 9.84 Å². The van der Waals surface area contributed by atoms with Gasteiger partial charge >= 0.3 is 11.9 Å². The summed E-state index contributed by atoms with van der Waals surface area (Å²) in [5.74, 6) is 0.318. The van der Waals surface area contributed by atoms with E-state index in [0.717, 1.165) is 116 Å². The van der Waals surface area contributed by atoms with Crippen LogP contribution in [0.3, 0.4) is 0 Å². The fourth-order valence-electron chi connectivity index (χ4n) is 7.98. The summed E-state index contributed by atoms with van der Waals surface area (Å²) in [7, 11) is -2.90. The fourth-order valence-corrected chi connectivity index (χ4v) is 9.26. The number of carbonyl (C=O) groups excluding carboxylic acids is 2. The molecular weight excluding hydrogens is 821 g/mol. The zero-order valence-electron chi connectivity index (χ0n) is 41.3. The van der Waals surface area contributed by atoms with Crippen molar-refractivity contribution in [1.29, 1.82) is 0 Å². The molecule has 2 unspecified atom stereocenters. The Hall–Kier alpha value is -2.27. The molecule has 0 aromatic heterocycles. The van der Waals surface area contributed by atoms with E-state index in [2.05, 4.69) is 72.7 Å². The van der Waals surface area contributed by atoms with E-state index < -0.39 is 15.9 Å². The van der Waals surface area contributed by atoms with Crippen LogP contribution >= 0.6 is 0 Å². The first kappa shape index (κ1) is 59.7. The van der Waals surface area contributed by atoms with E-state index in [4.69, 9.17) is 9.47 Å². The van der Waals surface area contributed by atoms with Crippen LogP contribution in [0, 0.1) is 5.92 Å². The molecule has 0 aliphatic carbocycles. The summed E-state index contributed by atoms with van der Waals surface area (Å²) < 4.78 is 34.7. The lowest BCUT2D eigenvalue weighted by Gasteiger charge is -2.27. The van der Waals surface area contributed by atoms with Gasteiger partial charge in [-0.1, -0.05) is 133 Å². The molecule has 64 heavy (non-hydrogen) atoms. The van der Waals surface area contributed by atoms with Crippen molar-refractivity contribution in [2.45, 2.75) is 219 Å². The average molecular weight is 919 g/mol. The Kier molecular flexibility index (Phi) is 41.6. The van der Waals surface area contributed by atoms with Crippen molar-refractivity contribution in [3.63, 3.8) is 0 Å². The lowest BCUT2D eigenvalue weighted by Crippen LogP contribution is -2.44. The largest absolute Gasteiger partial charge is 0.466 e. The zero-order valence-corrected chi connectivity index (χ0v) is 42.1. The first-order valence-corrected chi connectivity index (χ1v) is 28.3. The summed E-state index contributed by atoms with van der Waals surface area (Å²) >= 11 is 0. The number of aliphatic hydroxyl groups is 1. The third kappa shape index (κ3) is 40.0. The van der Waals surface area contributed by atoms with E-state index in [1.807, 2.05) is 0 Å². The molecular formula is C54H98N2O7S. The monoisotopic (exact) mass is 919 g/mol. The summed E-state index contributed by atoms with van der Waals surface area (Å²) in [5, 5.41) is 14.8. The minimum absolute atomic E-state index is 0.0757. The topological polar surface area (TPSA) is 122 Å². The van der Waals surface area contributed by atoms with Crippen LogP contribution in [0.25, 0.3) is 0 Å². The molecule has 0 aromatic carbocycles. The number of esters is 2. The first-order chi connectivity index (χ1) is 31.3. The Morgan fingerprint density at radius 3 is 1.48 bits per heavy atom. The fraction of sp³-hybridized carbons (Fsp3) is 0.815. The van der Waals surface area contributed by atoms with Crippen LogP contribution in [0.4, 0.5) is 0 Å². The zero-order chi connectivity index (χ0) is 46.4. The average Bonchev–Trinajstić information content (AvgIpc) is 3.28. The number of sulfone groups is 1. The van der Waals surface area contributed by atoms with Gasteiger partial charge < -0.3 is 24.8 Å². The van der Waals surface area contributed by atoms with Gasteiger partial charge in [-0.25, -0.2) is 8.42 Å². The number of nitrogens with one attached hydrogen (secondary N) is 1. The molecule has 1 heterocycles. The normalized spacial score (nSPS) is 15.5. The molecule has 0 radical (unpaired) electrons. The van der Waals surface area contributed by atoms with Gasteiger partial charge in [0.1, 0.15) is 0 Å². The van der Waals surface area contributed by atoms with Crippen LogP contribution in [0.2, 0.25) is 0 Å². The number of allylic oxidation sites excluding steroid dienone is 8. The van der Waals surface area contributed by atoms with E-state index in [1.54, 1.807) is 0 Å².